The highest BCUT2D eigenvalue weighted by molar-refractivity contribution is 6.04. The third-order valence-electron chi connectivity index (χ3n) is 9.35. The van der Waals surface area contributed by atoms with Gasteiger partial charge in [-0.3, -0.25) is 9.59 Å². The second-order valence-electron chi connectivity index (χ2n) is 12.4. The molecule has 0 unspecified atom stereocenters. The van der Waals surface area contributed by atoms with E-state index in [1.54, 1.807) is 60.7 Å². The molecule has 282 valence electrons. The first kappa shape index (κ1) is 36.3. The molecule has 0 saturated carbocycles. The molecule has 0 radical (unpaired) electrons. The summed E-state index contributed by atoms with van der Waals surface area (Å²) in [6, 6.07) is 16.5. The van der Waals surface area contributed by atoms with Crippen LogP contribution in [0.3, 0.4) is 0 Å². The third-order valence-corrected chi connectivity index (χ3v) is 9.35. The number of esters is 2. The van der Waals surface area contributed by atoms with E-state index >= 15 is 0 Å². The summed E-state index contributed by atoms with van der Waals surface area (Å²) in [5.74, 6) is -0.716. The zero-order valence-electron chi connectivity index (χ0n) is 30.3. The average molecular weight is 749 g/mol. The van der Waals surface area contributed by atoms with E-state index in [1.165, 1.54) is 28.4 Å². The van der Waals surface area contributed by atoms with Gasteiger partial charge < -0.3 is 49.0 Å². The Hall–Kier alpha value is -7.10. The minimum absolute atomic E-state index is 0.0885. The number of fused-ring (bicyclic) bond motifs is 9. The maximum Gasteiger partial charge on any atom is 0.338 e. The molecule has 4 heterocycles. The van der Waals surface area contributed by atoms with Crippen LogP contribution in [-0.4, -0.2) is 84.5 Å². The second-order valence-corrected chi connectivity index (χ2v) is 12.4. The number of nitrogens with two attached hydrogens (primary N) is 2. The number of benzene rings is 4. The van der Waals surface area contributed by atoms with Gasteiger partial charge in [0.25, 0.3) is 11.8 Å². The lowest BCUT2D eigenvalue weighted by molar-refractivity contribution is 0.0592. The van der Waals surface area contributed by atoms with Gasteiger partial charge in [-0.15, -0.1) is 0 Å². The van der Waals surface area contributed by atoms with E-state index in [9.17, 15) is 19.2 Å². The highest BCUT2D eigenvalue weighted by atomic mass is 16.5. The van der Waals surface area contributed by atoms with Crippen LogP contribution in [0.25, 0.3) is 44.8 Å². The Kier molecular flexibility index (Phi) is 9.71. The molecule has 4 aromatic carbocycles. The van der Waals surface area contributed by atoms with Gasteiger partial charge in [-0.25, -0.2) is 19.6 Å². The molecule has 8 rings (SSSR count). The van der Waals surface area contributed by atoms with Crippen molar-refractivity contribution in [3.63, 3.8) is 0 Å². The minimum Gasteiger partial charge on any atom is -0.494 e. The molecule has 0 aliphatic carbocycles. The van der Waals surface area contributed by atoms with Gasteiger partial charge >= 0.3 is 11.9 Å². The normalized spacial score (nSPS) is 12.7. The van der Waals surface area contributed by atoms with Crippen molar-refractivity contribution in [1.29, 1.82) is 0 Å². The van der Waals surface area contributed by atoms with Gasteiger partial charge in [0.15, 0.2) is 11.5 Å². The van der Waals surface area contributed by atoms with Crippen molar-refractivity contribution < 1.29 is 47.6 Å². The van der Waals surface area contributed by atoms with Gasteiger partial charge in [-0.2, -0.15) is 0 Å². The topological polar surface area (TPSA) is 211 Å². The van der Waals surface area contributed by atoms with E-state index in [2.05, 4.69) is 0 Å². The first-order chi connectivity index (χ1) is 26.6. The molecule has 2 aliphatic heterocycles. The monoisotopic (exact) mass is 748 g/mol. The molecule has 0 spiro atoms. The van der Waals surface area contributed by atoms with Crippen molar-refractivity contribution in [3.8, 4) is 45.8 Å². The molecular weight excluding hydrogens is 712 g/mol. The lowest BCUT2D eigenvalue weighted by atomic mass is 10.1. The molecule has 4 bridgehead atoms. The molecule has 55 heavy (non-hydrogen) atoms. The van der Waals surface area contributed by atoms with Crippen LogP contribution >= 0.6 is 0 Å². The van der Waals surface area contributed by atoms with Crippen LogP contribution in [0, 0.1) is 0 Å². The number of amides is 2. The molecule has 6 aromatic rings. The van der Waals surface area contributed by atoms with Crippen molar-refractivity contribution in [2.75, 3.05) is 41.7 Å². The molecule has 0 atom stereocenters. The second kappa shape index (κ2) is 14.7. The van der Waals surface area contributed by atoms with Gasteiger partial charge in [0, 0.05) is 24.2 Å². The van der Waals surface area contributed by atoms with Crippen LogP contribution in [-0.2, 0) is 22.6 Å². The molecule has 16 heteroatoms. The van der Waals surface area contributed by atoms with Crippen LogP contribution < -0.4 is 30.4 Å². The number of ether oxygens (including phenoxy) is 6. The zero-order valence-corrected chi connectivity index (χ0v) is 30.3. The fourth-order valence-electron chi connectivity index (χ4n) is 6.88. The Morgan fingerprint density at radius 2 is 1.07 bits per heavy atom. The number of hydrogen-bond acceptors (Lipinski definition) is 12. The molecule has 2 aliphatic rings. The number of carbonyl (C=O) groups is 4. The van der Waals surface area contributed by atoms with E-state index in [-0.39, 0.29) is 47.0 Å². The number of methoxy groups -OCH3 is 4. The van der Waals surface area contributed by atoms with E-state index in [0.717, 1.165) is 0 Å². The summed E-state index contributed by atoms with van der Waals surface area (Å²) in [4.78, 5) is 61.1. The summed E-state index contributed by atoms with van der Waals surface area (Å²) in [5.41, 5.74) is 14.8. The number of hydrogen-bond donors (Lipinski definition) is 2. The summed E-state index contributed by atoms with van der Waals surface area (Å²) in [7, 11) is 5.41. The Bertz CT molecular complexity index is 2540. The maximum absolute atomic E-state index is 13.3. The fraction of sp³-hybridized carbons (Fsp3) is 0.231. The van der Waals surface area contributed by atoms with Gasteiger partial charge in [0.2, 0.25) is 0 Å². The Labute approximate surface area is 313 Å². The number of rotatable bonds is 6. The first-order valence-corrected chi connectivity index (χ1v) is 17.0. The first-order valence-electron chi connectivity index (χ1n) is 17.0. The minimum atomic E-state index is -0.700. The molecule has 0 fully saturated rings. The molecule has 16 nitrogen and oxygen atoms in total. The number of imidazole rings is 2. The molecule has 2 aromatic heterocycles. The van der Waals surface area contributed by atoms with Crippen molar-refractivity contribution in [2.45, 2.75) is 19.5 Å². The molecule has 4 N–H and O–H groups in total. The largest absolute Gasteiger partial charge is 0.494 e. The van der Waals surface area contributed by atoms with Crippen molar-refractivity contribution >= 4 is 45.8 Å². The number of carbonyl (C=O) groups excluding carboxylic acids is 4. The Balaban J connectivity index is 1.47. The lowest BCUT2D eigenvalue weighted by Crippen LogP contribution is -2.13. The van der Waals surface area contributed by atoms with E-state index in [1.807, 2.05) is 9.13 Å². The molecule has 2 amide bonds. The predicted molar refractivity (Wildman–Crippen MR) is 199 cm³/mol. The summed E-state index contributed by atoms with van der Waals surface area (Å²) >= 11 is 0. The van der Waals surface area contributed by atoms with Crippen LogP contribution in [0.5, 0.6) is 23.0 Å². The zero-order chi connectivity index (χ0) is 39.0. The van der Waals surface area contributed by atoms with Gasteiger partial charge in [-0.1, -0.05) is 0 Å². The molecular formula is C39H36N6O10. The predicted octanol–water partition coefficient (Wildman–Crippen LogP) is 4.37. The van der Waals surface area contributed by atoms with Crippen LogP contribution in [0.2, 0.25) is 0 Å². The average Bonchev–Trinajstić information content (AvgIpc) is 3.75. The van der Waals surface area contributed by atoms with Crippen LogP contribution in [0.15, 0.2) is 60.7 Å². The standard InChI is InChI=1S/C39H36N6O10/c1-50-32-24(34(40)46)10-12-28-30(32)42-36-22-8-6-21(19-27(22)39(49)53-4)55-17-16-54-20-7-9-23(38(48)52-3)26(18-20)37-43-31-29(45(37)15-5-14-44(28)36)13-11-25(35(41)47)33(31)51-2/h6-13,18-19H,5,14-17H2,1-4H3,(H2,40,46)(H2,41,47). The Morgan fingerprint density at radius 3 is 1.58 bits per heavy atom. The number of aryl methyl sites for hydroxylation is 2. The fourth-order valence-corrected chi connectivity index (χ4v) is 6.88. The quantitative estimate of drug-likeness (QED) is 0.228. The number of aromatic nitrogens is 4. The highest BCUT2D eigenvalue weighted by Crippen LogP contribution is 2.38. The smallest absolute Gasteiger partial charge is 0.338 e. The van der Waals surface area contributed by atoms with E-state index < -0.39 is 23.8 Å². The van der Waals surface area contributed by atoms with Gasteiger partial charge in [-0.05, 0) is 67.1 Å². The summed E-state index contributed by atoms with van der Waals surface area (Å²) < 4.78 is 37.5. The third kappa shape index (κ3) is 6.36. The molecule has 0 saturated heterocycles. The van der Waals surface area contributed by atoms with Crippen molar-refractivity contribution in [2.24, 2.45) is 11.5 Å². The van der Waals surface area contributed by atoms with Crippen LogP contribution in [0.1, 0.15) is 47.9 Å². The lowest BCUT2D eigenvalue weighted by Gasteiger charge is -2.17. The summed E-state index contributed by atoms with van der Waals surface area (Å²) in [6.07, 6.45) is 0.426. The Morgan fingerprint density at radius 1 is 0.600 bits per heavy atom. The van der Waals surface area contributed by atoms with E-state index in [0.29, 0.717) is 75.9 Å². The summed E-state index contributed by atoms with van der Waals surface area (Å²) in [5, 5.41) is 0. The maximum atomic E-state index is 13.3. The van der Waals surface area contributed by atoms with Crippen molar-refractivity contribution in [1.82, 2.24) is 19.1 Å². The van der Waals surface area contributed by atoms with Crippen molar-refractivity contribution in [3.05, 3.63) is 82.9 Å². The summed E-state index contributed by atoms with van der Waals surface area (Å²) in [6.45, 7) is 0.802. The van der Waals surface area contributed by atoms with Gasteiger partial charge in [0.05, 0.1) is 61.7 Å². The van der Waals surface area contributed by atoms with Crippen LogP contribution in [0.4, 0.5) is 0 Å². The van der Waals surface area contributed by atoms with E-state index in [4.69, 9.17) is 49.9 Å². The highest BCUT2D eigenvalue weighted by Gasteiger charge is 2.27. The number of nitrogens with zero attached hydrogens (tertiary/aromatic N) is 4. The SMILES string of the molecule is COC(=O)c1cc2ccc1-c1nc3c(OC)c(C(N)=O)ccc3n1CCCn1c(nc3c(OC)c(C(N)=O)ccc31)-c1cc(ccc1C(=O)OC)OCCO2. The van der Waals surface area contributed by atoms with Gasteiger partial charge in [0.1, 0.15) is 47.4 Å². The number of primary amides is 2.